The normalized spacial score (nSPS) is 17.6. The minimum atomic E-state index is -0.146. The van der Waals surface area contributed by atoms with Crippen LogP contribution < -0.4 is 0 Å². The average Bonchev–Trinajstić information content (AvgIpc) is 2.64. The fourth-order valence-corrected chi connectivity index (χ4v) is 3.56. The van der Waals surface area contributed by atoms with Gasteiger partial charge in [-0.3, -0.25) is 9.69 Å². The summed E-state index contributed by atoms with van der Waals surface area (Å²) in [6.45, 7) is 4.28. The third kappa shape index (κ3) is 4.58. The van der Waals surface area contributed by atoms with Crippen LogP contribution >= 0.6 is 0 Å². The Morgan fingerprint density at radius 2 is 1.68 bits per heavy atom. The van der Waals surface area contributed by atoms with Crippen molar-refractivity contribution in [2.75, 3.05) is 26.2 Å². The van der Waals surface area contributed by atoms with Crippen LogP contribution in [0.1, 0.15) is 24.0 Å². The van der Waals surface area contributed by atoms with E-state index in [1.165, 1.54) is 11.1 Å². The highest BCUT2D eigenvalue weighted by molar-refractivity contribution is 5.71. The number of carbonyl (C=O) groups is 1. The number of benzene rings is 2. The summed E-state index contributed by atoms with van der Waals surface area (Å²) in [4.78, 5) is 14.0. The minimum Gasteiger partial charge on any atom is -0.465 e. The maximum atomic E-state index is 11.8. The van der Waals surface area contributed by atoms with E-state index in [2.05, 4.69) is 77.7 Å². The quantitative estimate of drug-likeness (QED) is 0.593. The van der Waals surface area contributed by atoms with E-state index >= 15 is 0 Å². The molecule has 0 aliphatic carbocycles. The van der Waals surface area contributed by atoms with Crippen molar-refractivity contribution in [3.05, 3.63) is 83.9 Å². The summed E-state index contributed by atoms with van der Waals surface area (Å²) in [6, 6.07) is 21.2. The second-order valence-corrected chi connectivity index (χ2v) is 6.39. The van der Waals surface area contributed by atoms with Gasteiger partial charge in [0.1, 0.15) is 0 Å². The molecule has 3 rings (SSSR count). The topological polar surface area (TPSA) is 29.5 Å². The van der Waals surface area contributed by atoms with Crippen LogP contribution in [0.15, 0.2) is 72.8 Å². The van der Waals surface area contributed by atoms with E-state index in [-0.39, 0.29) is 11.9 Å². The van der Waals surface area contributed by atoms with Crippen molar-refractivity contribution in [3.8, 4) is 0 Å². The van der Waals surface area contributed by atoms with E-state index in [9.17, 15) is 4.79 Å². The average molecular weight is 335 g/mol. The first-order chi connectivity index (χ1) is 12.3. The monoisotopic (exact) mass is 335 g/mol. The lowest BCUT2D eigenvalue weighted by molar-refractivity contribution is -0.144. The Labute approximate surface area is 149 Å². The van der Waals surface area contributed by atoms with Gasteiger partial charge < -0.3 is 4.74 Å². The van der Waals surface area contributed by atoms with Crippen molar-refractivity contribution in [1.82, 2.24) is 4.90 Å². The van der Waals surface area contributed by atoms with Crippen LogP contribution in [0.25, 0.3) is 0 Å². The molecule has 3 nitrogen and oxygen atoms in total. The Balaban J connectivity index is 1.83. The van der Waals surface area contributed by atoms with E-state index in [0.29, 0.717) is 19.1 Å². The first kappa shape index (κ1) is 17.4. The molecule has 0 bridgehead atoms. The Bertz CT molecular complexity index is 657. The number of nitrogens with zero attached hydrogens (tertiary/aromatic N) is 1. The fourth-order valence-electron chi connectivity index (χ4n) is 3.56. The lowest BCUT2D eigenvalue weighted by Gasteiger charge is -2.33. The van der Waals surface area contributed by atoms with Crippen molar-refractivity contribution < 1.29 is 9.53 Å². The van der Waals surface area contributed by atoms with Gasteiger partial charge in [0.05, 0.1) is 13.2 Å². The molecule has 1 aliphatic heterocycles. The zero-order valence-corrected chi connectivity index (χ0v) is 14.7. The zero-order chi connectivity index (χ0) is 17.5. The van der Waals surface area contributed by atoms with E-state index < -0.39 is 0 Å². The standard InChI is InChI=1S/C22H25NO2/c1-2-25-21(24)17-23-15-9-14-20(16-23)22(18-10-5-3-6-11-18)19-12-7-4-8-13-19/h3-14,20,22H,2,15-17H2,1H3. The van der Waals surface area contributed by atoms with E-state index in [1.54, 1.807) is 0 Å². The molecule has 0 amide bonds. The second-order valence-electron chi connectivity index (χ2n) is 6.39. The lowest BCUT2D eigenvalue weighted by Crippen LogP contribution is -2.39. The molecule has 2 aromatic carbocycles. The number of esters is 1. The highest BCUT2D eigenvalue weighted by Crippen LogP contribution is 2.34. The summed E-state index contributed by atoms with van der Waals surface area (Å²) in [5.41, 5.74) is 2.61. The first-order valence-corrected chi connectivity index (χ1v) is 8.92. The fraction of sp³-hybridized carbons (Fsp3) is 0.318. The van der Waals surface area contributed by atoms with Gasteiger partial charge >= 0.3 is 5.97 Å². The summed E-state index contributed by atoms with van der Waals surface area (Å²) in [6.07, 6.45) is 4.47. The minimum absolute atomic E-state index is 0.146. The Morgan fingerprint density at radius 3 is 2.24 bits per heavy atom. The summed E-state index contributed by atoms with van der Waals surface area (Å²) >= 11 is 0. The predicted molar refractivity (Wildman–Crippen MR) is 100 cm³/mol. The third-order valence-corrected chi connectivity index (χ3v) is 4.62. The van der Waals surface area contributed by atoms with Gasteiger partial charge in [-0.25, -0.2) is 0 Å². The lowest BCUT2D eigenvalue weighted by atomic mass is 9.79. The molecule has 0 fully saturated rings. The van der Waals surface area contributed by atoms with Crippen LogP contribution in [0.4, 0.5) is 0 Å². The van der Waals surface area contributed by atoms with Gasteiger partial charge in [-0.1, -0.05) is 72.8 Å². The number of rotatable bonds is 6. The Morgan fingerprint density at radius 1 is 1.08 bits per heavy atom. The van der Waals surface area contributed by atoms with Crippen molar-refractivity contribution >= 4 is 5.97 Å². The largest absolute Gasteiger partial charge is 0.465 e. The zero-order valence-electron chi connectivity index (χ0n) is 14.7. The highest BCUT2D eigenvalue weighted by Gasteiger charge is 2.27. The second kappa shape index (κ2) is 8.63. The molecule has 1 heterocycles. The van der Waals surface area contributed by atoms with Crippen molar-refractivity contribution in [1.29, 1.82) is 0 Å². The van der Waals surface area contributed by atoms with Crippen LogP contribution in [0, 0.1) is 5.92 Å². The van der Waals surface area contributed by atoms with E-state index in [1.807, 2.05) is 6.92 Å². The Kier molecular flexibility index (Phi) is 6.02. The molecule has 25 heavy (non-hydrogen) atoms. The molecule has 0 spiro atoms. The summed E-state index contributed by atoms with van der Waals surface area (Å²) < 4.78 is 5.10. The summed E-state index contributed by atoms with van der Waals surface area (Å²) in [5, 5.41) is 0. The predicted octanol–water partition coefficient (Wildman–Crippen LogP) is 3.87. The van der Waals surface area contributed by atoms with Crippen LogP contribution in [0.5, 0.6) is 0 Å². The SMILES string of the molecule is CCOC(=O)CN1CC=CC(C(c2ccccc2)c2ccccc2)C1. The molecule has 1 atom stereocenters. The molecule has 3 heteroatoms. The molecule has 0 aromatic heterocycles. The molecular weight excluding hydrogens is 310 g/mol. The van der Waals surface area contributed by atoms with Crippen LogP contribution in [-0.4, -0.2) is 37.1 Å². The van der Waals surface area contributed by atoms with Gasteiger partial charge in [0, 0.05) is 24.9 Å². The molecule has 0 saturated carbocycles. The van der Waals surface area contributed by atoms with Crippen molar-refractivity contribution in [2.45, 2.75) is 12.8 Å². The van der Waals surface area contributed by atoms with Crippen molar-refractivity contribution in [2.24, 2.45) is 5.92 Å². The molecule has 0 saturated heterocycles. The molecule has 130 valence electrons. The van der Waals surface area contributed by atoms with Crippen LogP contribution in [0.2, 0.25) is 0 Å². The van der Waals surface area contributed by atoms with Gasteiger partial charge in [-0.05, 0) is 18.1 Å². The smallest absolute Gasteiger partial charge is 0.320 e. The van der Waals surface area contributed by atoms with Gasteiger partial charge in [0.2, 0.25) is 0 Å². The molecule has 0 radical (unpaired) electrons. The van der Waals surface area contributed by atoms with Crippen molar-refractivity contribution in [3.63, 3.8) is 0 Å². The van der Waals surface area contributed by atoms with E-state index in [0.717, 1.165) is 13.1 Å². The summed E-state index contributed by atoms with van der Waals surface area (Å²) in [7, 11) is 0. The molecule has 2 aromatic rings. The molecular formula is C22H25NO2. The number of hydrogen-bond donors (Lipinski definition) is 0. The Hall–Kier alpha value is -2.39. The molecule has 1 unspecified atom stereocenters. The number of ether oxygens (including phenoxy) is 1. The van der Waals surface area contributed by atoms with Gasteiger partial charge in [-0.15, -0.1) is 0 Å². The first-order valence-electron chi connectivity index (χ1n) is 8.92. The van der Waals surface area contributed by atoms with Gasteiger partial charge in [0.25, 0.3) is 0 Å². The maximum absolute atomic E-state index is 11.8. The summed E-state index contributed by atoms with van der Waals surface area (Å²) in [5.74, 6) is 0.462. The third-order valence-electron chi connectivity index (χ3n) is 4.62. The van der Waals surface area contributed by atoms with Gasteiger partial charge in [-0.2, -0.15) is 0 Å². The maximum Gasteiger partial charge on any atom is 0.320 e. The molecule has 1 aliphatic rings. The number of hydrogen-bond acceptors (Lipinski definition) is 3. The van der Waals surface area contributed by atoms with Crippen LogP contribution in [0.3, 0.4) is 0 Å². The van der Waals surface area contributed by atoms with E-state index in [4.69, 9.17) is 4.74 Å². The van der Waals surface area contributed by atoms with Gasteiger partial charge in [0.15, 0.2) is 0 Å². The highest BCUT2D eigenvalue weighted by atomic mass is 16.5. The van der Waals surface area contributed by atoms with Crippen LogP contribution in [-0.2, 0) is 9.53 Å². The number of carbonyl (C=O) groups excluding carboxylic acids is 1. The molecule has 0 N–H and O–H groups in total.